The molecular weight excluding hydrogens is 424 g/mol. The van der Waals surface area contributed by atoms with Crippen LogP contribution in [-0.2, 0) is 32.8 Å². The van der Waals surface area contributed by atoms with Crippen LogP contribution in [0.25, 0.3) is 0 Å². The molecule has 0 aliphatic heterocycles. The van der Waals surface area contributed by atoms with Crippen molar-refractivity contribution in [3.05, 3.63) is 41.5 Å². The summed E-state index contributed by atoms with van der Waals surface area (Å²) in [7, 11) is 1.63. The topological polar surface area (TPSA) is 116 Å². The number of benzene rings is 1. The average molecular weight is 459 g/mol. The first-order chi connectivity index (χ1) is 16.0. The summed E-state index contributed by atoms with van der Waals surface area (Å²) in [5, 5.41) is 10.1. The molecule has 1 aromatic carbocycles. The van der Waals surface area contributed by atoms with E-state index in [4.69, 9.17) is 14.0 Å². The fourth-order valence-electron chi connectivity index (χ4n) is 4.08. The van der Waals surface area contributed by atoms with Gasteiger partial charge in [0.2, 0.25) is 17.7 Å². The summed E-state index contributed by atoms with van der Waals surface area (Å²) in [6.07, 6.45) is 6.46. The van der Waals surface area contributed by atoms with Gasteiger partial charge in [0.05, 0.1) is 6.61 Å². The van der Waals surface area contributed by atoms with Crippen molar-refractivity contribution in [3.63, 3.8) is 0 Å². The molecule has 1 saturated carbocycles. The Balaban J connectivity index is 1.48. The summed E-state index contributed by atoms with van der Waals surface area (Å²) in [6.45, 7) is 2.97. The van der Waals surface area contributed by atoms with Crippen LogP contribution in [0.3, 0.4) is 0 Å². The largest absolute Gasteiger partial charge is 0.491 e. The van der Waals surface area contributed by atoms with Crippen LogP contribution in [0.5, 0.6) is 5.75 Å². The number of carbonyl (C=O) groups is 2. The monoisotopic (exact) mass is 458 g/mol. The molecule has 1 aliphatic carbocycles. The Kier molecular flexibility index (Phi) is 9.24. The highest BCUT2D eigenvalue weighted by Crippen LogP contribution is 2.34. The van der Waals surface area contributed by atoms with Gasteiger partial charge in [0.15, 0.2) is 5.82 Å². The number of carbonyl (C=O) groups excluding carboxylic acids is 2. The van der Waals surface area contributed by atoms with Gasteiger partial charge >= 0.3 is 0 Å². The van der Waals surface area contributed by atoms with Crippen LogP contribution in [0.15, 0.2) is 28.8 Å². The molecule has 3 rings (SSSR count). The van der Waals surface area contributed by atoms with Gasteiger partial charge in [0.1, 0.15) is 17.9 Å². The van der Waals surface area contributed by atoms with Gasteiger partial charge in [-0.3, -0.25) is 9.59 Å². The molecule has 180 valence electrons. The standard InChI is InChI=1S/C24H34N4O5/c1-18(29)27-24(13-5-3-4-6-14-24)23-26-22(33-28-23)12-11-21(30)25-17-19-7-9-20(10-8-19)32-16-15-31-2/h7-10H,3-6,11-17H2,1-2H3,(H,25,30)(H,27,29). The zero-order valence-corrected chi connectivity index (χ0v) is 19.5. The van der Waals surface area contributed by atoms with Gasteiger partial charge in [-0.25, -0.2) is 0 Å². The first-order valence-corrected chi connectivity index (χ1v) is 11.6. The predicted molar refractivity (Wildman–Crippen MR) is 121 cm³/mol. The van der Waals surface area contributed by atoms with Crippen LogP contribution in [0.4, 0.5) is 0 Å². The fraction of sp³-hybridized carbons (Fsp3) is 0.583. The Hall–Kier alpha value is -2.94. The summed E-state index contributed by atoms with van der Waals surface area (Å²) in [4.78, 5) is 28.7. The molecule has 0 atom stereocenters. The maximum Gasteiger partial charge on any atom is 0.227 e. The van der Waals surface area contributed by atoms with Gasteiger partial charge in [0, 0.05) is 33.4 Å². The van der Waals surface area contributed by atoms with E-state index < -0.39 is 5.54 Å². The molecule has 0 spiro atoms. The molecule has 1 aromatic heterocycles. The number of amides is 2. The lowest BCUT2D eigenvalue weighted by Crippen LogP contribution is -2.45. The van der Waals surface area contributed by atoms with Crippen molar-refractivity contribution >= 4 is 11.8 Å². The second-order valence-corrected chi connectivity index (χ2v) is 8.45. The molecule has 2 N–H and O–H groups in total. The first kappa shape index (κ1) is 24.7. The molecule has 0 bridgehead atoms. The highest BCUT2D eigenvalue weighted by molar-refractivity contribution is 5.76. The second kappa shape index (κ2) is 12.3. The summed E-state index contributed by atoms with van der Waals surface area (Å²) in [6, 6.07) is 7.58. The first-order valence-electron chi connectivity index (χ1n) is 11.6. The summed E-state index contributed by atoms with van der Waals surface area (Å²) < 4.78 is 15.9. The van der Waals surface area contributed by atoms with Crippen LogP contribution >= 0.6 is 0 Å². The second-order valence-electron chi connectivity index (χ2n) is 8.45. The number of nitrogens with zero attached hydrogens (tertiary/aromatic N) is 2. The molecule has 0 radical (unpaired) electrons. The van der Waals surface area contributed by atoms with Crippen molar-refractivity contribution in [1.29, 1.82) is 0 Å². The van der Waals surface area contributed by atoms with Crippen LogP contribution < -0.4 is 15.4 Å². The van der Waals surface area contributed by atoms with Gasteiger partial charge < -0.3 is 24.6 Å². The highest BCUT2D eigenvalue weighted by atomic mass is 16.5. The predicted octanol–water partition coefficient (Wildman–Crippen LogP) is 3.03. The molecule has 33 heavy (non-hydrogen) atoms. The lowest BCUT2D eigenvalue weighted by atomic mass is 9.89. The molecule has 9 heteroatoms. The maximum atomic E-state index is 12.3. The van der Waals surface area contributed by atoms with Gasteiger partial charge in [0.25, 0.3) is 0 Å². The van der Waals surface area contributed by atoms with E-state index in [1.54, 1.807) is 7.11 Å². The molecule has 1 fully saturated rings. The van der Waals surface area contributed by atoms with Crippen LogP contribution in [0, 0.1) is 0 Å². The number of methoxy groups -OCH3 is 1. The minimum absolute atomic E-state index is 0.0961. The summed E-state index contributed by atoms with van der Waals surface area (Å²) in [5.74, 6) is 1.49. The Morgan fingerprint density at radius 1 is 1.09 bits per heavy atom. The summed E-state index contributed by atoms with van der Waals surface area (Å²) >= 11 is 0. The molecule has 2 amide bonds. The number of nitrogens with one attached hydrogen (secondary N) is 2. The maximum absolute atomic E-state index is 12.3. The van der Waals surface area contributed by atoms with E-state index in [2.05, 4.69) is 20.8 Å². The molecule has 2 aromatic rings. The van der Waals surface area contributed by atoms with Crippen molar-refractivity contribution in [2.24, 2.45) is 0 Å². The van der Waals surface area contributed by atoms with Crippen molar-refractivity contribution < 1.29 is 23.6 Å². The minimum Gasteiger partial charge on any atom is -0.491 e. The van der Waals surface area contributed by atoms with E-state index in [0.717, 1.165) is 49.8 Å². The van der Waals surface area contributed by atoms with Crippen molar-refractivity contribution in [3.8, 4) is 5.75 Å². The third-order valence-corrected chi connectivity index (χ3v) is 5.80. The highest BCUT2D eigenvalue weighted by Gasteiger charge is 2.38. The lowest BCUT2D eigenvalue weighted by molar-refractivity contribution is -0.122. The zero-order valence-electron chi connectivity index (χ0n) is 19.5. The average Bonchev–Trinajstić information content (AvgIpc) is 3.17. The lowest BCUT2D eigenvalue weighted by Gasteiger charge is -2.30. The van der Waals surface area contributed by atoms with E-state index in [0.29, 0.717) is 37.9 Å². The van der Waals surface area contributed by atoms with Gasteiger partial charge in [-0.05, 0) is 30.5 Å². The zero-order chi connectivity index (χ0) is 23.5. The van der Waals surface area contributed by atoms with E-state index in [1.165, 1.54) is 6.92 Å². The number of ether oxygens (including phenoxy) is 2. The normalized spacial score (nSPS) is 15.5. The van der Waals surface area contributed by atoms with Crippen molar-refractivity contribution in [2.45, 2.75) is 70.4 Å². The van der Waals surface area contributed by atoms with E-state index >= 15 is 0 Å². The molecule has 0 saturated heterocycles. The van der Waals surface area contributed by atoms with Crippen LogP contribution in [-0.4, -0.2) is 42.3 Å². The van der Waals surface area contributed by atoms with E-state index in [9.17, 15) is 9.59 Å². The molecule has 0 unspecified atom stereocenters. The van der Waals surface area contributed by atoms with Gasteiger partial charge in [-0.1, -0.05) is 43.0 Å². The molecule has 9 nitrogen and oxygen atoms in total. The fourth-order valence-corrected chi connectivity index (χ4v) is 4.08. The number of aromatic nitrogens is 2. The number of hydrogen-bond acceptors (Lipinski definition) is 7. The number of aryl methyl sites for hydroxylation is 1. The molecular formula is C24H34N4O5. The van der Waals surface area contributed by atoms with Crippen LogP contribution in [0.2, 0.25) is 0 Å². The third-order valence-electron chi connectivity index (χ3n) is 5.80. The van der Waals surface area contributed by atoms with Crippen molar-refractivity contribution in [1.82, 2.24) is 20.8 Å². The molecule has 1 aliphatic rings. The quantitative estimate of drug-likeness (QED) is 0.393. The Morgan fingerprint density at radius 2 is 1.82 bits per heavy atom. The smallest absolute Gasteiger partial charge is 0.227 e. The minimum atomic E-state index is -0.578. The van der Waals surface area contributed by atoms with E-state index in [1.807, 2.05) is 24.3 Å². The SMILES string of the molecule is COCCOc1ccc(CNC(=O)CCc2nc(C3(NC(C)=O)CCCCCC3)no2)cc1. The number of hydrogen-bond donors (Lipinski definition) is 2. The van der Waals surface area contributed by atoms with Gasteiger partial charge in [-0.2, -0.15) is 4.98 Å². The third kappa shape index (κ3) is 7.56. The van der Waals surface area contributed by atoms with E-state index in [-0.39, 0.29) is 18.2 Å². The summed E-state index contributed by atoms with van der Waals surface area (Å²) in [5.41, 5.74) is 0.402. The van der Waals surface area contributed by atoms with Crippen molar-refractivity contribution in [2.75, 3.05) is 20.3 Å². The Bertz CT molecular complexity index is 889. The number of rotatable bonds is 11. The molecule has 1 heterocycles. The Morgan fingerprint density at radius 3 is 2.48 bits per heavy atom. The van der Waals surface area contributed by atoms with Gasteiger partial charge in [-0.15, -0.1) is 0 Å². The Labute approximate surface area is 194 Å². The van der Waals surface area contributed by atoms with Crippen LogP contribution in [0.1, 0.15) is 69.1 Å².